The van der Waals surface area contributed by atoms with Crippen molar-refractivity contribution in [2.75, 3.05) is 19.9 Å². The highest BCUT2D eigenvalue weighted by molar-refractivity contribution is 5.94. The summed E-state index contributed by atoms with van der Waals surface area (Å²) in [5.41, 5.74) is 3.07. The molecule has 0 radical (unpaired) electrons. The minimum Gasteiger partial charge on any atom is -0.454 e. The van der Waals surface area contributed by atoms with Gasteiger partial charge in [-0.1, -0.05) is 41.6 Å². The van der Waals surface area contributed by atoms with E-state index in [1.807, 2.05) is 41.3 Å². The van der Waals surface area contributed by atoms with Crippen molar-refractivity contribution in [2.24, 2.45) is 5.16 Å². The molecule has 1 saturated heterocycles. The third kappa shape index (κ3) is 4.66. The summed E-state index contributed by atoms with van der Waals surface area (Å²) in [7, 11) is 0. The molecule has 0 saturated carbocycles. The van der Waals surface area contributed by atoms with Crippen molar-refractivity contribution in [1.29, 1.82) is 0 Å². The molecule has 0 bridgehead atoms. The maximum absolute atomic E-state index is 13.0. The van der Waals surface area contributed by atoms with Crippen LogP contribution in [0.1, 0.15) is 30.4 Å². The van der Waals surface area contributed by atoms with E-state index in [4.69, 9.17) is 19.0 Å². The van der Waals surface area contributed by atoms with Gasteiger partial charge in [-0.05, 0) is 36.1 Å². The van der Waals surface area contributed by atoms with Gasteiger partial charge in [0.2, 0.25) is 12.9 Å². The van der Waals surface area contributed by atoms with Crippen LogP contribution in [0, 0.1) is 0 Å². The number of oxime groups is 1. The summed E-state index contributed by atoms with van der Waals surface area (Å²) in [6.07, 6.45) is 2.55. The summed E-state index contributed by atoms with van der Waals surface area (Å²) in [6.45, 7) is 2.16. The van der Waals surface area contributed by atoms with Crippen molar-refractivity contribution < 1.29 is 23.8 Å². The van der Waals surface area contributed by atoms with Crippen molar-refractivity contribution in [3.05, 3.63) is 59.7 Å². The van der Waals surface area contributed by atoms with Gasteiger partial charge in [0.1, 0.15) is 0 Å². The fraction of sp³-hybridized carbons (Fsp3) is 0.417. The van der Waals surface area contributed by atoms with E-state index in [9.17, 15) is 4.79 Å². The number of benzene rings is 2. The smallest absolute Gasteiger partial charge is 0.266 e. The molecule has 5 rings (SSSR count). The molecule has 0 aliphatic carbocycles. The number of carbonyl (C=O) groups excluding carboxylic acids is 1. The summed E-state index contributed by atoms with van der Waals surface area (Å²) in [6, 6.07) is 16.0. The number of piperidine rings is 1. The average molecular weight is 422 g/mol. The molecule has 162 valence electrons. The SMILES string of the molecule is O=C([C@@H]1CC(Cc2ccc3c(c2)OCO3)=NO1)N1CCC[C@H](OCc2ccccc2)C1. The van der Waals surface area contributed by atoms with Gasteiger partial charge >= 0.3 is 0 Å². The molecule has 1 amide bonds. The Bertz CT molecular complexity index is 962. The number of rotatable bonds is 6. The Morgan fingerprint density at radius 2 is 1.97 bits per heavy atom. The fourth-order valence-electron chi connectivity index (χ4n) is 4.22. The number of hydrogen-bond donors (Lipinski definition) is 0. The molecule has 3 aliphatic heterocycles. The zero-order chi connectivity index (χ0) is 21.0. The number of fused-ring (bicyclic) bond motifs is 1. The molecule has 7 nitrogen and oxygen atoms in total. The number of ether oxygens (including phenoxy) is 3. The van der Waals surface area contributed by atoms with Crippen molar-refractivity contribution in [3.63, 3.8) is 0 Å². The summed E-state index contributed by atoms with van der Waals surface area (Å²) in [4.78, 5) is 20.4. The van der Waals surface area contributed by atoms with Crippen LogP contribution in [0.2, 0.25) is 0 Å². The van der Waals surface area contributed by atoms with Gasteiger partial charge in [0.15, 0.2) is 11.5 Å². The van der Waals surface area contributed by atoms with Gasteiger partial charge in [0.25, 0.3) is 5.91 Å². The lowest BCUT2D eigenvalue weighted by Gasteiger charge is -2.33. The second-order valence-corrected chi connectivity index (χ2v) is 8.17. The van der Waals surface area contributed by atoms with Crippen LogP contribution in [-0.4, -0.2) is 48.6 Å². The van der Waals surface area contributed by atoms with Gasteiger partial charge in [-0.2, -0.15) is 0 Å². The van der Waals surface area contributed by atoms with Crippen LogP contribution in [0.3, 0.4) is 0 Å². The summed E-state index contributed by atoms with van der Waals surface area (Å²) in [5.74, 6) is 1.51. The second kappa shape index (κ2) is 8.98. The van der Waals surface area contributed by atoms with Crippen molar-refractivity contribution in [3.8, 4) is 11.5 Å². The number of carbonyl (C=O) groups is 1. The van der Waals surface area contributed by atoms with Crippen molar-refractivity contribution >= 4 is 11.6 Å². The highest BCUT2D eigenvalue weighted by atomic mass is 16.7. The predicted octanol–water partition coefficient (Wildman–Crippen LogP) is 3.31. The highest BCUT2D eigenvalue weighted by Gasteiger charge is 2.34. The zero-order valence-corrected chi connectivity index (χ0v) is 17.4. The largest absolute Gasteiger partial charge is 0.454 e. The van der Waals surface area contributed by atoms with Crippen molar-refractivity contribution in [1.82, 2.24) is 4.90 Å². The minimum atomic E-state index is -0.545. The van der Waals surface area contributed by atoms with Crippen molar-refractivity contribution in [2.45, 2.75) is 44.5 Å². The lowest BCUT2D eigenvalue weighted by Crippen LogP contribution is -2.47. The van der Waals surface area contributed by atoms with E-state index in [2.05, 4.69) is 17.3 Å². The second-order valence-electron chi connectivity index (χ2n) is 8.17. The van der Waals surface area contributed by atoms with Crippen LogP contribution in [0.5, 0.6) is 11.5 Å². The molecule has 1 fully saturated rings. The van der Waals surface area contributed by atoms with Crippen LogP contribution >= 0.6 is 0 Å². The number of amides is 1. The number of nitrogens with zero attached hydrogens (tertiary/aromatic N) is 2. The first kappa shape index (κ1) is 19.9. The Labute approximate surface area is 181 Å². The molecule has 7 heteroatoms. The summed E-state index contributed by atoms with van der Waals surface area (Å²) < 4.78 is 16.9. The molecule has 0 N–H and O–H groups in total. The van der Waals surface area contributed by atoms with E-state index in [1.54, 1.807) is 0 Å². The van der Waals surface area contributed by atoms with E-state index < -0.39 is 6.10 Å². The third-order valence-electron chi connectivity index (χ3n) is 5.87. The van der Waals surface area contributed by atoms with Gasteiger partial charge < -0.3 is 23.9 Å². The van der Waals surface area contributed by atoms with Crippen LogP contribution in [0.25, 0.3) is 0 Å². The number of hydrogen-bond acceptors (Lipinski definition) is 6. The quantitative estimate of drug-likeness (QED) is 0.714. The van der Waals surface area contributed by atoms with Crippen LogP contribution in [0.4, 0.5) is 0 Å². The highest BCUT2D eigenvalue weighted by Crippen LogP contribution is 2.33. The topological polar surface area (TPSA) is 69.6 Å². The molecule has 2 aromatic rings. The van der Waals surface area contributed by atoms with Gasteiger partial charge in [-0.25, -0.2) is 0 Å². The number of likely N-dealkylation sites (tertiary alicyclic amines) is 1. The molecule has 3 aliphatic rings. The Morgan fingerprint density at radius 1 is 1.10 bits per heavy atom. The van der Waals surface area contributed by atoms with Crippen LogP contribution < -0.4 is 9.47 Å². The summed E-state index contributed by atoms with van der Waals surface area (Å²) >= 11 is 0. The first-order chi connectivity index (χ1) is 15.2. The van der Waals surface area contributed by atoms with E-state index in [1.165, 1.54) is 0 Å². The molecule has 0 aromatic heterocycles. The maximum Gasteiger partial charge on any atom is 0.266 e. The fourth-order valence-corrected chi connectivity index (χ4v) is 4.22. The first-order valence-corrected chi connectivity index (χ1v) is 10.8. The van der Waals surface area contributed by atoms with E-state index >= 15 is 0 Å². The molecular weight excluding hydrogens is 396 g/mol. The van der Waals surface area contributed by atoms with E-state index in [0.29, 0.717) is 26.0 Å². The minimum absolute atomic E-state index is 0.00236. The Morgan fingerprint density at radius 3 is 2.87 bits per heavy atom. The monoisotopic (exact) mass is 422 g/mol. The van der Waals surface area contributed by atoms with E-state index in [0.717, 1.165) is 47.7 Å². The average Bonchev–Trinajstić information content (AvgIpc) is 3.47. The van der Waals surface area contributed by atoms with Crippen LogP contribution in [-0.2, 0) is 27.4 Å². The Hall–Kier alpha value is -3.06. The molecule has 3 heterocycles. The molecule has 0 unspecified atom stereocenters. The van der Waals surface area contributed by atoms with Gasteiger partial charge in [-0.3, -0.25) is 4.79 Å². The zero-order valence-electron chi connectivity index (χ0n) is 17.4. The summed E-state index contributed by atoms with van der Waals surface area (Å²) in [5, 5.41) is 4.18. The first-order valence-electron chi connectivity index (χ1n) is 10.8. The lowest BCUT2D eigenvalue weighted by molar-refractivity contribution is -0.146. The lowest BCUT2D eigenvalue weighted by atomic mass is 10.0. The molecule has 31 heavy (non-hydrogen) atoms. The molecule has 2 atom stereocenters. The standard InChI is InChI=1S/C24H26N2O5/c27-24(26-10-4-7-20(14-26)28-15-17-5-2-1-3-6-17)23-13-19(25-31-23)11-18-8-9-21-22(12-18)30-16-29-21/h1-3,5-6,8-9,12,20,23H,4,7,10-11,13-16H2/t20-,23-/m0/s1. The predicted molar refractivity (Wildman–Crippen MR) is 114 cm³/mol. The Balaban J connectivity index is 1.12. The van der Waals surface area contributed by atoms with Gasteiger partial charge in [-0.15, -0.1) is 0 Å². The van der Waals surface area contributed by atoms with Gasteiger partial charge in [0.05, 0.1) is 18.4 Å². The van der Waals surface area contributed by atoms with Gasteiger partial charge in [0, 0.05) is 25.9 Å². The molecule has 0 spiro atoms. The van der Waals surface area contributed by atoms with E-state index in [-0.39, 0.29) is 18.8 Å². The maximum atomic E-state index is 13.0. The molecular formula is C24H26N2O5. The normalized spacial score (nSPS) is 22.2. The third-order valence-corrected chi connectivity index (χ3v) is 5.87. The Kier molecular flexibility index (Phi) is 5.76. The molecule has 2 aromatic carbocycles. The van der Waals surface area contributed by atoms with Crippen LogP contribution in [0.15, 0.2) is 53.7 Å².